The molecule has 3 rings (SSSR count). The van der Waals surface area contributed by atoms with E-state index in [4.69, 9.17) is 0 Å². The Balaban J connectivity index is 1.58. The normalized spacial score (nSPS) is 15.0. The minimum Gasteiger partial charge on any atom is -0.367 e. The van der Waals surface area contributed by atoms with E-state index in [1.807, 2.05) is 37.4 Å². The molecule has 1 fully saturated rings. The molecule has 7 nitrogen and oxygen atoms in total. The number of carbonyl (C=O) groups excluding carboxylic acids is 1. The fraction of sp³-hybridized carbons (Fsp3) is 0.600. The molecule has 0 radical (unpaired) electrons. The second-order valence-electron chi connectivity index (χ2n) is 6.75. The summed E-state index contributed by atoms with van der Waals surface area (Å²) in [6, 6.07) is 3.79. The second kappa shape index (κ2) is 5.55. The Kier molecular flexibility index (Phi) is 3.72. The van der Waals surface area contributed by atoms with Crippen LogP contribution in [-0.4, -0.2) is 38.8 Å². The van der Waals surface area contributed by atoms with Gasteiger partial charge in [-0.1, -0.05) is 20.8 Å². The van der Waals surface area contributed by atoms with Crippen LogP contribution in [0.1, 0.15) is 45.4 Å². The standard InChI is InChI=1S/C15H22N6O/c1-15(2,3)14(22)17-9-8-16-11-6-7-12-18-19-13(10-4-5-10)21(12)20-11/h6-7,10H,4-5,8-9H2,1-3H3,(H,16,20)(H,17,22). The maximum absolute atomic E-state index is 11.8. The van der Waals surface area contributed by atoms with Crippen LogP contribution in [0.4, 0.5) is 5.82 Å². The van der Waals surface area contributed by atoms with Gasteiger partial charge in [0.05, 0.1) is 0 Å². The molecule has 0 unspecified atom stereocenters. The first kappa shape index (κ1) is 14.7. The van der Waals surface area contributed by atoms with Crippen LogP contribution < -0.4 is 10.6 Å². The van der Waals surface area contributed by atoms with Crippen molar-refractivity contribution < 1.29 is 4.79 Å². The Hall–Kier alpha value is -2.18. The molecule has 2 aromatic rings. The van der Waals surface area contributed by atoms with Gasteiger partial charge in [-0.05, 0) is 25.0 Å². The number of nitrogens with one attached hydrogen (secondary N) is 2. The molecular weight excluding hydrogens is 280 g/mol. The first-order chi connectivity index (χ1) is 10.4. The molecule has 2 heterocycles. The molecule has 1 saturated carbocycles. The van der Waals surface area contributed by atoms with E-state index in [2.05, 4.69) is 25.9 Å². The first-order valence-electron chi connectivity index (χ1n) is 7.70. The van der Waals surface area contributed by atoms with Crippen molar-refractivity contribution in [2.24, 2.45) is 5.41 Å². The van der Waals surface area contributed by atoms with Gasteiger partial charge in [0.15, 0.2) is 11.5 Å². The van der Waals surface area contributed by atoms with Gasteiger partial charge in [0.1, 0.15) is 5.82 Å². The molecule has 0 atom stereocenters. The lowest BCUT2D eigenvalue weighted by Crippen LogP contribution is -2.37. The molecule has 0 spiro atoms. The van der Waals surface area contributed by atoms with Gasteiger partial charge >= 0.3 is 0 Å². The van der Waals surface area contributed by atoms with Crippen molar-refractivity contribution in [1.29, 1.82) is 0 Å². The number of carbonyl (C=O) groups is 1. The average Bonchev–Trinajstić information content (AvgIpc) is 3.22. The third kappa shape index (κ3) is 3.18. The summed E-state index contributed by atoms with van der Waals surface area (Å²) < 4.78 is 1.81. The zero-order valence-electron chi connectivity index (χ0n) is 13.3. The van der Waals surface area contributed by atoms with Crippen LogP contribution in [-0.2, 0) is 4.79 Å². The third-order valence-electron chi connectivity index (χ3n) is 3.63. The van der Waals surface area contributed by atoms with Crippen LogP contribution in [0.3, 0.4) is 0 Å². The predicted molar refractivity (Wildman–Crippen MR) is 83.7 cm³/mol. The monoisotopic (exact) mass is 302 g/mol. The van der Waals surface area contributed by atoms with E-state index in [1.54, 1.807) is 0 Å². The predicted octanol–water partition coefficient (Wildman–Crippen LogP) is 1.58. The van der Waals surface area contributed by atoms with Crippen LogP contribution >= 0.6 is 0 Å². The Bertz CT molecular complexity index is 683. The Morgan fingerprint density at radius 3 is 2.73 bits per heavy atom. The van der Waals surface area contributed by atoms with E-state index in [0.29, 0.717) is 19.0 Å². The molecule has 1 aliphatic carbocycles. The Morgan fingerprint density at radius 2 is 2.05 bits per heavy atom. The number of aromatic nitrogens is 4. The fourth-order valence-corrected chi connectivity index (χ4v) is 2.13. The lowest BCUT2D eigenvalue weighted by atomic mass is 9.96. The molecular formula is C15H22N6O. The molecule has 118 valence electrons. The van der Waals surface area contributed by atoms with Crippen molar-refractivity contribution in [2.75, 3.05) is 18.4 Å². The van der Waals surface area contributed by atoms with Gasteiger partial charge < -0.3 is 10.6 Å². The molecule has 2 aromatic heterocycles. The van der Waals surface area contributed by atoms with E-state index in [-0.39, 0.29) is 11.3 Å². The zero-order chi connectivity index (χ0) is 15.7. The van der Waals surface area contributed by atoms with Gasteiger partial charge in [-0.2, -0.15) is 4.52 Å². The lowest BCUT2D eigenvalue weighted by molar-refractivity contribution is -0.128. The third-order valence-corrected chi connectivity index (χ3v) is 3.63. The van der Waals surface area contributed by atoms with Gasteiger partial charge in [0.25, 0.3) is 0 Å². The van der Waals surface area contributed by atoms with E-state index >= 15 is 0 Å². The number of hydrogen-bond donors (Lipinski definition) is 2. The fourth-order valence-electron chi connectivity index (χ4n) is 2.13. The molecule has 2 N–H and O–H groups in total. The van der Waals surface area contributed by atoms with Gasteiger partial charge in [-0.15, -0.1) is 15.3 Å². The van der Waals surface area contributed by atoms with Crippen LogP contribution in [0.5, 0.6) is 0 Å². The molecule has 1 amide bonds. The quantitative estimate of drug-likeness (QED) is 0.819. The summed E-state index contributed by atoms with van der Waals surface area (Å²) in [5.74, 6) is 2.26. The topological polar surface area (TPSA) is 84.2 Å². The van der Waals surface area contributed by atoms with Crippen molar-refractivity contribution in [3.8, 4) is 0 Å². The number of amides is 1. The molecule has 1 aliphatic rings. The highest BCUT2D eigenvalue weighted by Gasteiger charge is 2.29. The number of nitrogens with zero attached hydrogens (tertiary/aromatic N) is 4. The van der Waals surface area contributed by atoms with Gasteiger partial charge in [0.2, 0.25) is 5.91 Å². The number of anilines is 1. The van der Waals surface area contributed by atoms with Crippen molar-refractivity contribution in [3.05, 3.63) is 18.0 Å². The highest BCUT2D eigenvalue weighted by molar-refractivity contribution is 5.81. The smallest absolute Gasteiger partial charge is 0.225 e. The van der Waals surface area contributed by atoms with Crippen LogP contribution in [0.25, 0.3) is 5.65 Å². The summed E-state index contributed by atoms with van der Waals surface area (Å²) in [4.78, 5) is 11.8. The van der Waals surface area contributed by atoms with Crippen molar-refractivity contribution in [3.63, 3.8) is 0 Å². The summed E-state index contributed by atoms with van der Waals surface area (Å²) in [6.45, 7) is 6.89. The molecule has 7 heteroatoms. The molecule has 22 heavy (non-hydrogen) atoms. The van der Waals surface area contributed by atoms with E-state index in [0.717, 1.165) is 17.3 Å². The summed E-state index contributed by atoms with van der Waals surface area (Å²) in [5.41, 5.74) is 0.409. The highest BCUT2D eigenvalue weighted by atomic mass is 16.2. The SMILES string of the molecule is CC(C)(C)C(=O)NCCNc1ccc2nnc(C3CC3)n2n1. The Labute approximate surface area is 129 Å². The zero-order valence-corrected chi connectivity index (χ0v) is 13.3. The maximum atomic E-state index is 11.8. The first-order valence-corrected chi connectivity index (χ1v) is 7.70. The van der Waals surface area contributed by atoms with E-state index < -0.39 is 0 Å². The largest absolute Gasteiger partial charge is 0.367 e. The summed E-state index contributed by atoms with van der Waals surface area (Å²) in [6.07, 6.45) is 2.33. The minimum atomic E-state index is -0.362. The summed E-state index contributed by atoms with van der Waals surface area (Å²) in [7, 11) is 0. The van der Waals surface area contributed by atoms with Crippen molar-refractivity contribution in [2.45, 2.75) is 39.5 Å². The van der Waals surface area contributed by atoms with Gasteiger partial charge in [-0.3, -0.25) is 4.79 Å². The number of fused-ring (bicyclic) bond motifs is 1. The maximum Gasteiger partial charge on any atom is 0.225 e. The van der Waals surface area contributed by atoms with Crippen LogP contribution in [0, 0.1) is 5.41 Å². The molecule has 0 aromatic carbocycles. The van der Waals surface area contributed by atoms with Crippen LogP contribution in [0.15, 0.2) is 12.1 Å². The van der Waals surface area contributed by atoms with E-state index in [1.165, 1.54) is 12.8 Å². The number of rotatable bonds is 5. The van der Waals surface area contributed by atoms with Crippen LogP contribution in [0.2, 0.25) is 0 Å². The lowest BCUT2D eigenvalue weighted by Gasteiger charge is -2.17. The van der Waals surface area contributed by atoms with Gasteiger partial charge in [0, 0.05) is 24.4 Å². The highest BCUT2D eigenvalue weighted by Crippen LogP contribution is 2.38. The van der Waals surface area contributed by atoms with Gasteiger partial charge in [-0.25, -0.2) is 0 Å². The summed E-state index contributed by atoms with van der Waals surface area (Å²) in [5, 5.41) is 19.0. The van der Waals surface area contributed by atoms with E-state index in [9.17, 15) is 4.79 Å². The number of hydrogen-bond acceptors (Lipinski definition) is 5. The molecule has 0 saturated heterocycles. The minimum absolute atomic E-state index is 0.0486. The van der Waals surface area contributed by atoms with Crippen molar-refractivity contribution in [1.82, 2.24) is 25.1 Å². The Morgan fingerprint density at radius 1 is 1.27 bits per heavy atom. The molecule has 0 bridgehead atoms. The average molecular weight is 302 g/mol. The van der Waals surface area contributed by atoms with Crippen molar-refractivity contribution >= 4 is 17.4 Å². The summed E-state index contributed by atoms with van der Waals surface area (Å²) >= 11 is 0. The molecule has 0 aliphatic heterocycles. The second-order valence-corrected chi connectivity index (χ2v) is 6.75.